The van der Waals surface area contributed by atoms with Gasteiger partial charge in [0.2, 0.25) is 0 Å². The summed E-state index contributed by atoms with van der Waals surface area (Å²) in [6.07, 6.45) is 0. The average molecular weight is 278 g/mol. The van der Waals surface area contributed by atoms with Crippen molar-refractivity contribution in [3.63, 3.8) is 0 Å². The molecular weight excluding hydrogens is 264 g/mol. The van der Waals surface area contributed by atoms with Gasteiger partial charge in [0.05, 0.1) is 7.11 Å². The van der Waals surface area contributed by atoms with Crippen molar-refractivity contribution in [2.24, 2.45) is 0 Å². The largest absolute Gasteiger partial charge is 0.497 e. The molecule has 0 radical (unpaired) electrons. The molecule has 1 N–H and O–H groups in total. The molecule has 0 amide bonds. The first-order valence-electron chi connectivity index (χ1n) is 5.64. The zero-order valence-corrected chi connectivity index (χ0v) is 11.4. The molecule has 100 valence electrons. The third-order valence-corrected chi connectivity index (χ3v) is 3.71. The maximum atomic E-state index is 11.4. The molecule has 0 saturated carbocycles. The first-order chi connectivity index (χ1) is 8.91. The summed E-state index contributed by atoms with van der Waals surface area (Å²) in [5, 5.41) is 0. The molecule has 0 saturated heterocycles. The molecule has 0 spiro atoms. The highest BCUT2D eigenvalue weighted by Crippen LogP contribution is 2.30. The van der Waals surface area contributed by atoms with E-state index in [-0.39, 0.29) is 4.90 Å². The van der Waals surface area contributed by atoms with Crippen molar-refractivity contribution in [1.82, 2.24) is 0 Å². The molecule has 0 fully saturated rings. The van der Waals surface area contributed by atoms with Crippen molar-refractivity contribution in [3.05, 3.63) is 48.0 Å². The second-order valence-electron chi connectivity index (χ2n) is 4.21. The number of hydrogen-bond donors (Lipinski definition) is 1. The molecule has 2 aromatic rings. The standard InChI is InChI=1S/C14H14O4S/c1-10-6-7-14(19(15,16)17)13(8-10)11-4-3-5-12(9-11)18-2/h3-9H,1-2H3,(H,15,16,17). The smallest absolute Gasteiger partial charge is 0.295 e. The summed E-state index contributed by atoms with van der Waals surface area (Å²) in [6, 6.07) is 11.8. The summed E-state index contributed by atoms with van der Waals surface area (Å²) in [6.45, 7) is 1.86. The predicted octanol–water partition coefficient (Wildman–Crippen LogP) is 2.92. The predicted molar refractivity (Wildman–Crippen MR) is 73.0 cm³/mol. The number of hydrogen-bond acceptors (Lipinski definition) is 3. The second-order valence-corrected chi connectivity index (χ2v) is 5.60. The van der Waals surface area contributed by atoms with Gasteiger partial charge in [0.1, 0.15) is 10.6 Å². The second kappa shape index (κ2) is 5.03. The molecule has 5 heteroatoms. The van der Waals surface area contributed by atoms with Gasteiger partial charge in [0.25, 0.3) is 10.1 Å². The van der Waals surface area contributed by atoms with E-state index in [9.17, 15) is 13.0 Å². The Kier molecular flexibility index (Phi) is 3.59. The lowest BCUT2D eigenvalue weighted by molar-refractivity contribution is 0.415. The van der Waals surface area contributed by atoms with E-state index in [1.54, 1.807) is 43.5 Å². The van der Waals surface area contributed by atoms with Crippen molar-refractivity contribution in [3.8, 4) is 16.9 Å². The third-order valence-electron chi connectivity index (χ3n) is 2.79. The highest BCUT2D eigenvalue weighted by Gasteiger charge is 2.16. The number of methoxy groups -OCH3 is 1. The highest BCUT2D eigenvalue weighted by atomic mass is 32.2. The van der Waals surface area contributed by atoms with Crippen molar-refractivity contribution < 1.29 is 17.7 Å². The van der Waals surface area contributed by atoms with Gasteiger partial charge in [-0.3, -0.25) is 4.55 Å². The molecule has 4 nitrogen and oxygen atoms in total. The lowest BCUT2D eigenvalue weighted by Crippen LogP contribution is -2.01. The van der Waals surface area contributed by atoms with Gasteiger partial charge in [-0.15, -0.1) is 0 Å². The van der Waals surface area contributed by atoms with E-state index >= 15 is 0 Å². The van der Waals surface area contributed by atoms with Crippen LogP contribution >= 0.6 is 0 Å². The monoisotopic (exact) mass is 278 g/mol. The van der Waals surface area contributed by atoms with E-state index < -0.39 is 10.1 Å². The van der Waals surface area contributed by atoms with Crippen LogP contribution in [0.25, 0.3) is 11.1 Å². The zero-order valence-electron chi connectivity index (χ0n) is 10.6. The quantitative estimate of drug-likeness (QED) is 0.877. The molecule has 0 bridgehead atoms. The van der Waals surface area contributed by atoms with E-state index in [0.717, 1.165) is 5.56 Å². The summed E-state index contributed by atoms with van der Waals surface area (Å²) < 4.78 is 37.2. The zero-order chi connectivity index (χ0) is 14.0. The van der Waals surface area contributed by atoms with Crippen LogP contribution in [0.15, 0.2) is 47.4 Å². The lowest BCUT2D eigenvalue weighted by Gasteiger charge is -2.10. The van der Waals surface area contributed by atoms with Gasteiger partial charge in [-0.2, -0.15) is 8.42 Å². The van der Waals surface area contributed by atoms with E-state index in [1.165, 1.54) is 6.07 Å². The molecule has 2 rings (SSSR count). The fourth-order valence-electron chi connectivity index (χ4n) is 1.88. The Hall–Kier alpha value is -1.85. The molecule has 0 atom stereocenters. The normalized spacial score (nSPS) is 11.3. The van der Waals surface area contributed by atoms with Gasteiger partial charge in [-0.25, -0.2) is 0 Å². The topological polar surface area (TPSA) is 63.6 Å². The van der Waals surface area contributed by atoms with Crippen LogP contribution in [0.3, 0.4) is 0 Å². The molecular formula is C14H14O4S. The minimum Gasteiger partial charge on any atom is -0.497 e. The highest BCUT2D eigenvalue weighted by molar-refractivity contribution is 7.86. The van der Waals surface area contributed by atoms with Crippen LogP contribution in [0.2, 0.25) is 0 Å². The molecule has 2 aromatic carbocycles. The number of ether oxygens (including phenoxy) is 1. The van der Waals surface area contributed by atoms with E-state index in [0.29, 0.717) is 16.9 Å². The molecule has 19 heavy (non-hydrogen) atoms. The Morgan fingerprint density at radius 2 is 1.84 bits per heavy atom. The number of rotatable bonds is 3. The Balaban J connectivity index is 2.70. The van der Waals surface area contributed by atoms with Crippen LogP contribution in [0.4, 0.5) is 0 Å². The average Bonchev–Trinajstić information content (AvgIpc) is 2.37. The maximum absolute atomic E-state index is 11.4. The van der Waals surface area contributed by atoms with Gasteiger partial charge >= 0.3 is 0 Å². The first-order valence-corrected chi connectivity index (χ1v) is 7.08. The van der Waals surface area contributed by atoms with Crippen LogP contribution in [0.1, 0.15) is 5.56 Å². The summed E-state index contributed by atoms with van der Waals surface area (Å²) in [7, 11) is -2.72. The number of benzene rings is 2. The Morgan fingerprint density at radius 3 is 2.47 bits per heavy atom. The van der Waals surface area contributed by atoms with Crippen molar-refractivity contribution in [2.45, 2.75) is 11.8 Å². The summed E-state index contributed by atoms with van der Waals surface area (Å²) >= 11 is 0. The van der Waals surface area contributed by atoms with Crippen LogP contribution in [-0.2, 0) is 10.1 Å². The Morgan fingerprint density at radius 1 is 1.11 bits per heavy atom. The fourth-order valence-corrected chi connectivity index (χ4v) is 2.58. The molecule has 0 aliphatic heterocycles. The number of aryl methyl sites for hydroxylation is 1. The minimum absolute atomic E-state index is 0.105. The van der Waals surface area contributed by atoms with Gasteiger partial charge < -0.3 is 4.74 Å². The molecule has 0 aliphatic rings. The van der Waals surface area contributed by atoms with Crippen LogP contribution in [0.5, 0.6) is 5.75 Å². The van der Waals surface area contributed by atoms with Crippen molar-refractivity contribution in [2.75, 3.05) is 7.11 Å². The summed E-state index contributed by atoms with van der Waals surface area (Å²) in [5.74, 6) is 0.625. The third kappa shape index (κ3) is 2.94. The molecule has 0 aliphatic carbocycles. The Labute approximate surface area is 112 Å². The maximum Gasteiger partial charge on any atom is 0.295 e. The van der Waals surface area contributed by atoms with Crippen LogP contribution < -0.4 is 4.74 Å². The van der Waals surface area contributed by atoms with Gasteiger partial charge in [-0.05, 0) is 30.7 Å². The van der Waals surface area contributed by atoms with E-state index in [1.807, 2.05) is 6.92 Å². The summed E-state index contributed by atoms with van der Waals surface area (Å²) in [4.78, 5) is -0.105. The van der Waals surface area contributed by atoms with E-state index in [4.69, 9.17) is 4.74 Å². The first kappa shape index (κ1) is 13.6. The Bertz CT molecular complexity index is 705. The van der Waals surface area contributed by atoms with Crippen LogP contribution in [0, 0.1) is 6.92 Å². The molecule has 0 unspecified atom stereocenters. The van der Waals surface area contributed by atoms with E-state index in [2.05, 4.69) is 0 Å². The van der Waals surface area contributed by atoms with Crippen molar-refractivity contribution >= 4 is 10.1 Å². The SMILES string of the molecule is COc1cccc(-c2cc(C)ccc2S(=O)(=O)O)c1. The van der Waals surface area contributed by atoms with Gasteiger partial charge in [0.15, 0.2) is 0 Å². The van der Waals surface area contributed by atoms with Crippen LogP contribution in [-0.4, -0.2) is 20.1 Å². The fraction of sp³-hybridized carbons (Fsp3) is 0.143. The molecule has 0 heterocycles. The summed E-state index contributed by atoms with van der Waals surface area (Å²) in [5.41, 5.74) is 2.04. The minimum atomic E-state index is -4.26. The van der Waals surface area contributed by atoms with Gasteiger partial charge in [0, 0.05) is 5.56 Å². The van der Waals surface area contributed by atoms with Crippen molar-refractivity contribution in [1.29, 1.82) is 0 Å². The van der Waals surface area contributed by atoms with Gasteiger partial charge in [-0.1, -0.05) is 29.8 Å². The lowest BCUT2D eigenvalue weighted by atomic mass is 10.0. The molecule has 0 aromatic heterocycles.